The Balaban J connectivity index is 1.97. The predicted molar refractivity (Wildman–Crippen MR) is 101 cm³/mol. The summed E-state index contributed by atoms with van der Waals surface area (Å²) in [5.74, 6) is -2.93. The van der Waals surface area contributed by atoms with Crippen molar-refractivity contribution in [2.45, 2.75) is 19.4 Å². The molecule has 27 heavy (non-hydrogen) atoms. The zero-order valence-corrected chi connectivity index (χ0v) is 16.3. The van der Waals surface area contributed by atoms with E-state index in [1.54, 1.807) is 0 Å². The molecule has 4 nitrogen and oxygen atoms in total. The van der Waals surface area contributed by atoms with Crippen molar-refractivity contribution in [3.8, 4) is 0 Å². The van der Waals surface area contributed by atoms with Crippen LogP contribution < -0.4 is 5.32 Å². The molecule has 1 unspecified atom stereocenters. The normalized spacial score (nSPS) is 19.1. The minimum Gasteiger partial charge on any atom is -0.328 e. The SMILES string of the molecule is CC(=C1NC(=O)C(Cc2ccccc2)N(C)C1=O)c1c(Br)ccc(F)c1F. The van der Waals surface area contributed by atoms with Crippen LogP contribution in [-0.4, -0.2) is 29.8 Å². The van der Waals surface area contributed by atoms with Gasteiger partial charge in [0.05, 0.1) is 0 Å². The number of benzene rings is 2. The first-order chi connectivity index (χ1) is 12.8. The number of carbonyl (C=O) groups is 2. The van der Waals surface area contributed by atoms with Crippen molar-refractivity contribution in [3.63, 3.8) is 0 Å². The Morgan fingerprint density at radius 1 is 1.15 bits per heavy atom. The quantitative estimate of drug-likeness (QED) is 0.591. The lowest BCUT2D eigenvalue weighted by Crippen LogP contribution is -2.56. The number of nitrogens with zero attached hydrogens (tertiary/aromatic N) is 1. The zero-order chi connectivity index (χ0) is 19.7. The van der Waals surface area contributed by atoms with Crippen molar-refractivity contribution >= 4 is 33.3 Å². The van der Waals surface area contributed by atoms with Gasteiger partial charge in [-0.15, -0.1) is 0 Å². The molecule has 0 saturated carbocycles. The van der Waals surface area contributed by atoms with Crippen molar-refractivity contribution in [1.29, 1.82) is 0 Å². The average Bonchev–Trinajstić information content (AvgIpc) is 2.66. The van der Waals surface area contributed by atoms with Gasteiger partial charge in [0.1, 0.15) is 11.7 Å². The van der Waals surface area contributed by atoms with Crippen LogP contribution in [0.25, 0.3) is 5.57 Å². The van der Waals surface area contributed by atoms with Crippen molar-refractivity contribution in [1.82, 2.24) is 10.2 Å². The third kappa shape index (κ3) is 3.64. The van der Waals surface area contributed by atoms with Crippen LogP contribution in [0.5, 0.6) is 0 Å². The Bertz CT molecular complexity index is 944. The standard InChI is InChI=1S/C20H17BrF2N2O2/c1-11(16-13(21)8-9-14(22)17(16)23)18-20(27)25(2)15(19(26)24-18)10-12-6-4-3-5-7-12/h3-9,15H,10H2,1-2H3,(H,24,26). The van der Waals surface area contributed by atoms with Gasteiger partial charge in [-0.2, -0.15) is 0 Å². The zero-order valence-electron chi connectivity index (χ0n) is 14.7. The van der Waals surface area contributed by atoms with Crippen LogP contribution in [-0.2, 0) is 16.0 Å². The summed E-state index contributed by atoms with van der Waals surface area (Å²) in [7, 11) is 1.53. The molecule has 0 aromatic heterocycles. The van der Waals surface area contributed by atoms with Gasteiger partial charge in [0.15, 0.2) is 11.6 Å². The fourth-order valence-corrected chi connectivity index (χ4v) is 3.67. The summed E-state index contributed by atoms with van der Waals surface area (Å²) in [6.07, 6.45) is 0.360. The molecule has 7 heteroatoms. The van der Waals surface area contributed by atoms with E-state index in [4.69, 9.17) is 0 Å². The van der Waals surface area contributed by atoms with Crippen molar-refractivity contribution in [3.05, 3.63) is 75.4 Å². The highest BCUT2D eigenvalue weighted by Gasteiger charge is 2.36. The van der Waals surface area contributed by atoms with Crippen LogP contribution in [0.1, 0.15) is 18.1 Å². The lowest BCUT2D eigenvalue weighted by molar-refractivity contribution is -0.140. The molecular formula is C20H17BrF2N2O2. The highest BCUT2D eigenvalue weighted by molar-refractivity contribution is 9.10. The molecule has 0 radical (unpaired) electrons. The van der Waals surface area contributed by atoms with Gasteiger partial charge in [0.2, 0.25) is 5.91 Å². The number of hydrogen-bond donors (Lipinski definition) is 1. The van der Waals surface area contributed by atoms with Gasteiger partial charge in [-0.25, -0.2) is 8.78 Å². The van der Waals surface area contributed by atoms with Gasteiger partial charge >= 0.3 is 0 Å². The van der Waals surface area contributed by atoms with Gasteiger partial charge in [-0.3, -0.25) is 9.59 Å². The molecule has 0 aliphatic carbocycles. The predicted octanol–water partition coefficient (Wildman–Crippen LogP) is 3.66. The Morgan fingerprint density at radius 3 is 2.48 bits per heavy atom. The van der Waals surface area contributed by atoms with Crippen molar-refractivity contribution < 1.29 is 18.4 Å². The van der Waals surface area contributed by atoms with Crippen LogP contribution in [0.15, 0.2) is 52.6 Å². The van der Waals surface area contributed by atoms with Crippen molar-refractivity contribution in [2.75, 3.05) is 7.05 Å². The summed E-state index contributed by atoms with van der Waals surface area (Å²) >= 11 is 3.18. The summed E-state index contributed by atoms with van der Waals surface area (Å²) in [5, 5.41) is 2.58. The Hall–Kier alpha value is -2.54. The fraction of sp³-hybridized carbons (Fsp3) is 0.200. The summed E-state index contributed by atoms with van der Waals surface area (Å²) in [5.41, 5.74) is 0.924. The van der Waals surface area contributed by atoms with E-state index in [0.29, 0.717) is 10.9 Å². The Morgan fingerprint density at radius 2 is 1.81 bits per heavy atom. The molecule has 1 aliphatic rings. The summed E-state index contributed by atoms with van der Waals surface area (Å²) in [4.78, 5) is 26.8. The molecule has 1 heterocycles. The lowest BCUT2D eigenvalue weighted by atomic mass is 9.98. The first-order valence-corrected chi connectivity index (χ1v) is 9.07. The number of allylic oxidation sites excluding steroid dienone is 1. The first-order valence-electron chi connectivity index (χ1n) is 8.28. The number of likely N-dealkylation sites (N-methyl/N-ethyl adjacent to an activating group) is 1. The summed E-state index contributed by atoms with van der Waals surface area (Å²) in [6, 6.07) is 11.0. The third-order valence-electron chi connectivity index (χ3n) is 4.62. The van der Waals surface area contributed by atoms with E-state index in [9.17, 15) is 18.4 Å². The van der Waals surface area contributed by atoms with E-state index in [0.717, 1.165) is 11.6 Å². The molecule has 0 spiro atoms. The minimum atomic E-state index is -1.08. The molecule has 2 aromatic carbocycles. The van der Waals surface area contributed by atoms with Crippen LogP contribution in [0.4, 0.5) is 8.78 Å². The molecule has 2 aromatic rings. The molecule has 140 valence electrons. The molecule has 3 rings (SSSR count). The first kappa shape index (κ1) is 19.2. The molecule has 0 bridgehead atoms. The Labute approximate surface area is 164 Å². The molecule has 2 amide bonds. The van der Waals surface area contributed by atoms with E-state index < -0.39 is 23.6 Å². The molecule has 1 N–H and O–H groups in total. The van der Waals surface area contributed by atoms with Crippen LogP contribution in [0, 0.1) is 11.6 Å². The molecular weight excluding hydrogens is 418 g/mol. The maximum Gasteiger partial charge on any atom is 0.271 e. The number of carbonyl (C=O) groups excluding carboxylic acids is 2. The maximum atomic E-state index is 14.3. The lowest BCUT2D eigenvalue weighted by Gasteiger charge is -2.34. The number of halogens is 3. The van der Waals surface area contributed by atoms with E-state index in [1.165, 1.54) is 24.9 Å². The van der Waals surface area contributed by atoms with E-state index in [-0.39, 0.29) is 22.7 Å². The largest absolute Gasteiger partial charge is 0.328 e. The van der Waals surface area contributed by atoms with Crippen LogP contribution in [0.3, 0.4) is 0 Å². The average molecular weight is 435 g/mol. The second-order valence-electron chi connectivity index (χ2n) is 6.33. The molecule has 1 saturated heterocycles. The smallest absolute Gasteiger partial charge is 0.271 e. The highest BCUT2D eigenvalue weighted by Crippen LogP contribution is 2.31. The van der Waals surface area contributed by atoms with Crippen LogP contribution in [0.2, 0.25) is 0 Å². The number of nitrogens with one attached hydrogen (secondary N) is 1. The second kappa shape index (κ2) is 7.60. The Kier molecular flexibility index (Phi) is 5.41. The fourth-order valence-electron chi connectivity index (χ4n) is 3.07. The minimum absolute atomic E-state index is 0.0583. The van der Waals surface area contributed by atoms with Gasteiger partial charge in [0.25, 0.3) is 5.91 Å². The molecule has 1 aliphatic heterocycles. The van der Waals surface area contributed by atoms with E-state index >= 15 is 0 Å². The molecule has 1 fully saturated rings. The third-order valence-corrected chi connectivity index (χ3v) is 5.28. The summed E-state index contributed by atoms with van der Waals surface area (Å²) in [6.45, 7) is 1.47. The number of rotatable bonds is 3. The van der Waals surface area contributed by atoms with Gasteiger partial charge in [-0.05, 0) is 30.2 Å². The second-order valence-corrected chi connectivity index (χ2v) is 7.18. The number of hydrogen-bond acceptors (Lipinski definition) is 2. The number of amides is 2. The van der Waals surface area contributed by atoms with Gasteiger partial charge in [-0.1, -0.05) is 46.3 Å². The van der Waals surface area contributed by atoms with Gasteiger partial charge in [0, 0.05) is 23.5 Å². The maximum absolute atomic E-state index is 14.3. The number of piperazine rings is 1. The topological polar surface area (TPSA) is 49.4 Å². The van der Waals surface area contributed by atoms with Crippen molar-refractivity contribution in [2.24, 2.45) is 0 Å². The van der Waals surface area contributed by atoms with E-state index in [2.05, 4.69) is 21.2 Å². The highest BCUT2D eigenvalue weighted by atomic mass is 79.9. The van der Waals surface area contributed by atoms with E-state index in [1.807, 2.05) is 30.3 Å². The molecule has 1 atom stereocenters. The summed E-state index contributed by atoms with van der Waals surface area (Å²) < 4.78 is 28.2. The monoisotopic (exact) mass is 434 g/mol. The van der Waals surface area contributed by atoms with Gasteiger partial charge < -0.3 is 10.2 Å². The van der Waals surface area contributed by atoms with Crippen LogP contribution >= 0.6 is 15.9 Å².